The predicted octanol–water partition coefficient (Wildman–Crippen LogP) is 4.46. The Hall–Kier alpha value is -3.69. The summed E-state index contributed by atoms with van der Waals surface area (Å²) in [5.74, 6) is 0.599. The average Bonchev–Trinajstić information content (AvgIpc) is 2.74. The number of aromatic nitrogens is 3. The molecule has 7 heteroatoms. The molecule has 0 spiro atoms. The second-order valence-electron chi connectivity index (χ2n) is 6.04. The van der Waals surface area contributed by atoms with Crippen molar-refractivity contribution in [2.24, 2.45) is 0 Å². The molecule has 6 nitrogen and oxygen atoms in total. The number of nitrogens with one attached hydrogen (secondary N) is 1. The van der Waals surface area contributed by atoms with E-state index in [2.05, 4.69) is 26.3 Å². The minimum atomic E-state index is -0.554. The first-order valence-corrected chi connectivity index (χ1v) is 8.85. The van der Waals surface area contributed by atoms with Crippen LogP contribution in [0.1, 0.15) is 22.7 Å². The van der Waals surface area contributed by atoms with Gasteiger partial charge in [0.15, 0.2) is 0 Å². The molecule has 2 aromatic heterocycles. The number of benzene rings is 2. The number of phenolic OH excluding ortho intramolecular Hbond substituents is 1. The molecule has 0 saturated heterocycles. The fraction of sp³-hybridized carbons (Fsp3) is 0.0476. The van der Waals surface area contributed by atoms with Crippen LogP contribution in [0, 0.1) is 11.3 Å². The molecule has 0 aliphatic heterocycles. The van der Waals surface area contributed by atoms with E-state index in [9.17, 15) is 10.4 Å². The van der Waals surface area contributed by atoms with Gasteiger partial charge in [0.05, 0.1) is 22.1 Å². The van der Waals surface area contributed by atoms with Crippen LogP contribution in [-0.4, -0.2) is 20.1 Å². The van der Waals surface area contributed by atoms with Gasteiger partial charge in [0.1, 0.15) is 23.2 Å². The van der Waals surface area contributed by atoms with Crippen molar-refractivity contribution in [2.45, 2.75) is 6.04 Å². The Kier molecular flexibility index (Phi) is 4.75. The molecule has 1 atom stereocenters. The number of aromatic hydroxyl groups is 1. The standard InChI is InChI=1S/C21H14ClN5O/c22-18-13(12-23)4-3-5-14(18)19(27-17-6-1-2-9-25-17)15-7-8-16-20(21(15)28)26-11-10-24-16/h1-11,19,28H,(H,25,27). The number of nitrogens with zero attached hydrogens (tertiary/aromatic N) is 4. The summed E-state index contributed by atoms with van der Waals surface area (Å²) in [6.07, 6.45) is 4.76. The highest BCUT2D eigenvalue weighted by Gasteiger charge is 2.23. The van der Waals surface area contributed by atoms with Crippen LogP contribution in [0.3, 0.4) is 0 Å². The fourth-order valence-electron chi connectivity index (χ4n) is 3.05. The van der Waals surface area contributed by atoms with Gasteiger partial charge in [-0.1, -0.05) is 35.9 Å². The van der Waals surface area contributed by atoms with E-state index in [1.165, 1.54) is 6.20 Å². The number of halogens is 1. The molecule has 2 N–H and O–H groups in total. The maximum atomic E-state index is 10.9. The molecule has 0 fully saturated rings. The monoisotopic (exact) mass is 387 g/mol. The molecule has 1 unspecified atom stereocenters. The second-order valence-corrected chi connectivity index (χ2v) is 6.42. The Bertz CT molecular complexity index is 1190. The van der Waals surface area contributed by atoms with Gasteiger partial charge in [-0.25, -0.2) is 9.97 Å². The Morgan fingerprint density at radius 1 is 0.929 bits per heavy atom. The topological polar surface area (TPSA) is 94.7 Å². The quantitative estimate of drug-likeness (QED) is 0.537. The van der Waals surface area contributed by atoms with E-state index in [0.717, 1.165) is 0 Å². The van der Waals surface area contributed by atoms with Crippen molar-refractivity contribution in [3.05, 3.63) is 88.8 Å². The number of hydrogen-bond donors (Lipinski definition) is 2. The molecule has 0 aliphatic carbocycles. The molecule has 2 aromatic carbocycles. The number of pyridine rings is 1. The summed E-state index contributed by atoms with van der Waals surface area (Å²) >= 11 is 6.50. The Morgan fingerprint density at radius 3 is 2.57 bits per heavy atom. The van der Waals surface area contributed by atoms with Gasteiger partial charge in [-0.3, -0.25) is 4.98 Å². The number of fused-ring (bicyclic) bond motifs is 1. The molecule has 2 heterocycles. The lowest BCUT2D eigenvalue weighted by Crippen LogP contribution is -2.14. The van der Waals surface area contributed by atoms with Crippen molar-refractivity contribution in [3.63, 3.8) is 0 Å². The molecule has 0 bridgehead atoms. The van der Waals surface area contributed by atoms with Crippen molar-refractivity contribution in [3.8, 4) is 11.8 Å². The first-order chi connectivity index (χ1) is 13.7. The lowest BCUT2D eigenvalue weighted by Gasteiger charge is -2.23. The number of anilines is 1. The summed E-state index contributed by atoms with van der Waals surface area (Å²) in [7, 11) is 0. The van der Waals surface area contributed by atoms with Gasteiger partial charge >= 0.3 is 0 Å². The summed E-state index contributed by atoms with van der Waals surface area (Å²) < 4.78 is 0. The SMILES string of the molecule is N#Cc1cccc(C(Nc2ccccn2)c2ccc3nccnc3c2O)c1Cl. The molecule has 0 saturated carbocycles. The number of rotatable bonds is 4. The number of hydrogen-bond acceptors (Lipinski definition) is 6. The van der Waals surface area contributed by atoms with Crippen LogP contribution < -0.4 is 5.32 Å². The highest BCUT2D eigenvalue weighted by molar-refractivity contribution is 6.32. The average molecular weight is 388 g/mol. The highest BCUT2D eigenvalue weighted by atomic mass is 35.5. The summed E-state index contributed by atoms with van der Waals surface area (Å²) in [5.41, 5.74) is 2.52. The number of phenols is 1. The summed E-state index contributed by atoms with van der Waals surface area (Å²) in [4.78, 5) is 12.8. The highest BCUT2D eigenvalue weighted by Crippen LogP contribution is 2.38. The van der Waals surface area contributed by atoms with Crippen LogP contribution in [0.5, 0.6) is 5.75 Å². The van der Waals surface area contributed by atoms with E-state index in [-0.39, 0.29) is 5.75 Å². The van der Waals surface area contributed by atoms with Crippen LogP contribution in [0.4, 0.5) is 5.82 Å². The lowest BCUT2D eigenvalue weighted by molar-refractivity contribution is 0.471. The third kappa shape index (κ3) is 3.20. The largest absolute Gasteiger partial charge is 0.505 e. The number of nitriles is 1. The minimum absolute atomic E-state index is 0.00235. The molecular weight excluding hydrogens is 374 g/mol. The third-order valence-corrected chi connectivity index (χ3v) is 4.80. The van der Waals surface area contributed by atoms with Crippen molar-refractivity contribution >= 4 is 28.5 Å². The van der Waals surface area contributed by atoms with Crippen LogP contribution in [0.15, 0.2) is 67.1 Å². The molecule has 0 radical (unpaired) electrons. The van der Waals surface area contributed by atoms with Crippen molar-refractivity contribution in [1.29, 1.82) is 5.26 Å². The maximum Gasteiger partial charge on any atom is 0.149 e. The molecule has 0 aliphatic rings. The Balaban J connectivity index is 1.92. The zero-order valence-corrected chi connectivity index (χ0v) is 15.3. The van der Waals surface area contributed by atoms with Gasteiger partial charge in [-0.05, 0) is 29.8 Å². The first kappa shape index (κ1) is 17.7. The molecule has 28 heavy (non-hydrogen) atoms. The van der Waals surface area contributed by atoms with Crippen LogP contribution >= 0.6 is 11.6 Å². The predicted molar refractivity (Wildman–Crippen MR) is 107 cm³/mol. The van der Waals surface area contributed by atoms with E-state index in [1.807, 2.05) is 24.3 Å². The molecule has 136 valence electrons. The molecular formula is C21H14ClN5O. The van der Waals surface area contributed by atoms with E-state index >= 15 is 0 Å². The van der Waals surface area contributed by atoms with Crippen molar-refractivity contribution in [1.82, 2.24) is 15.0 Å². The van der Waals surface area contributed by atoms with Gasteiger partial charge in [-0.2, -0.15) is 5.26 Å². The minimum Gasteiger partial charge on any atom is -0.505 e. The zero-order chi connectivity index (χ0) is 19.5. The summed E-state index contributed by atoms with van der Waals surface area (Å²) in [6, 6.07) is 15.8. The van der Waals surface area contributed by atoms with Gasteiger partial charge in [-0.15, -0.1) is 0 Å². The fourth-order valence-corrected chi connectivity index (χ4v) is 3.33. The lowest BCUT2D eigenvalue weighted by atomic mass is 9.95. The zero-order valence-electron chi connectivity index (χ0n) is 14.5. The maximum absolute atomic E-state index is 10.9. The normalized spacial score (nSPS) is 11.7. The van der Waals surface area contributed by atoms with E-state index in [0.29, 0.717) is 38.6 Å². The Morgan fingerprint density at radius 2 is 1.79 bits per heavy atom. The van der Waals surface area contributed by atoms with Crippen molar-refractivity contribution in [2.75, 3.05) is 5.32 Å². The van der Waals surface area contributed by atoms with Gasteiger partial charge in [0, 0.05) is 24.2 Å². The van der Waals surface area contributed by atoms with Crippen LogP contribution in [-0.2, 0) is 0 Å². The Labute approximate surface area is 166 Å². The van der Waals surface area contributed by atoms with Crippen LogP contribution in [0.25, 0.3) is 11.0 Å². The molecule has 4 aromatic rings. The van der Waals surface area contributed by atoms with Gasteiger partial charge < -0.3 is 10.4 Å². The van der Waals surface area contributed by atoms with E-state index < -0.39 is 6.04 Å². The third-order valence-electron chi connectivity index (χ3n) is 4.37. The van der Waals surface area contributed by atoms with E-state index in [1.54, 1.807) is 36.7 Å². The van der Waals surface area contributed by atoms with Crippen molar-refractivity contribution < 1.29 is 5.11 Å². The second kappa shape index (κ2) is 7.51. The first-order valence-electron chi connectivity index (χ1n) is 8.47. The van der Waals surface area contributed by atoms with E-state index in [4.69, 9.17) is 11.6 Å². The van der Waals surface area contributed by atoms with Crippen LogP contribution in [0.2, 0.25) is 5.02 Å². The summed E-state index contributed by atoms with van der Waals surface area (Å²) in [5, 5.41) is 23.9. The van der Waals surface area contributed by atoms with Gasteiger partial charge in [0.25, 0.3) is 0 Å². The molecule has 0 amide bonds. The summed E-state index contributed by atoms with van der Waals surface area (Å²) in [6.45, 7) is 0. The van der Waals surface area contributed by atoms with Gasteiger partial charge in [0.2, 0.25) is 0 Å². The smallest absolute Gasteiger partial charge is 0.149 e. The molecule has 4 rings (SSSR count).